The van der Waals surface area contributed by atoms with Crippen molar-refractivity contribution < 1.29 is 9.52 Å². The van der Waals surface area contributed by atoms with Gasteiger partial charge in [-0.15, -0.1) is 0 Å². The van der Waals surface area contributed by atoms with E-state index in [4.69, 9.17) is 9.52 Å². The van der Waals surface area contributed by atoms with Crippen molar-refractivity contribution in [3.8, 4) is 0 Å². The van der Waals surface area contributed by atoms with E-state index in [0.29, 0.717) is 11.8 Å². The lowest BCUT2D eigenvalue weighted by atomic mass is 10.0. The molecule has 98 valence electrons. The van der Waals surface area contributed by atoms with E-state index in [1.165, 1.54) is 19.3 Å². The number of aliphatic hydroxyl groups excluding tert-OH is 1. The standard InChI is InChI=1S/C14H25NO2/c1-11(2)5-4-6-12(3)15-9-13-7-8-14(10-16)17-13/h7-8,11-12,15-16H,4-6,9-10H2,1-3H3. The molecule has 1 heterocycles. The van der Waals surface area contributed by atoms with Crippen molar-refractivity contribution in [3.05, 3.63) is 23.7 Å². The number of furan rings is 1. The topological polar surface area (TPSA) is 45.4 Å². The fraction of sp³-hybridized carbons (Fsp3) is 0.714. The second-order valence-electron chi connectivity index (χ2n) is 5.13. The van der Waals surface area contributed by atoms with E-state index >= 15 is 0 Å². The van der Waals surface area contributed by atoms with Crippen LogP contribution in [-0.4, -0.2) is 11.1 Å². The summed E-state index contributed by atoms with van der Waals surface area (Å²) in [6.07, 6.45) is 3.76. The van der Waals surface area contributed by atoms with E-state index in [-0.39, 0.29) is 6.61 Å². The third kappa shape index (κ3) is 5.89. The maximum absolute atomic E-state index is 8.88. The van der Waals surface area contributed by atoms with Crippen LogP contribution in [0.1, 0.15) is 51.6 Å². The van der Waals surface area contributed by atoms with Gasteiger partial charge in [-0.1, -0.05) is 26.7 Å². The number of rotatable bonds is 8. The molecule has 0 spiro atoms. The minimum Gasteiger partial charge on any atom is -0.462 e. The zero-order chi connectivity index (χ0) is 12.7. The lowest BCUT2D eigenvalue weighted by Crippen LogP contribution is -2.25. The molecule has 0 saturated carbocycles. The summed E-state index contributed by atoms with van der Waals surface area (Å²) >= 11 is 0. The Hall–Kier alpha value is -0.800. The Morgan fingerprint density at radius 2 is 1.88 bits per heavy atom. The van der Waals surface area contributed by atoms with Crippen LogP contribution in [0.15, 0.2) is 16.5 Å². The van der Waals surface area contributed by atoms with Crippen molar-refractivity contribution >= 4 is 0 Å². The van der Waals surface area contributed by atoms with Crippen LogP contribution >= 0.6 is 0 Å². The Kier molecular flexibility index (Phi) is 6.30. The van der Waals surface area contributed by atoms with Crippen LogP contribution < -0.4 is 5.32 Å². The molecule has 0 fully saturated rings. The van der Waals surface area contributed by atoms with Crippen molar-refractivity contribution in [2.45, 2.75) is 59.2 Å². The average Bonchev–Trinajstić information content (AvgIpc) is 2.73. The molecular formula is C14H25NO2. The van der Waals surface area contributed by atoms with Gasteiger partial charge in [0.15, 0.2) is 0 Å². The van der Waals surface area contributed by atoms with Crippen LogP contribution in [0.3, 0.4) is 0 Å². The molecule has 0 radical (unpaired) electrons. The maximum atomic E-state index is 8.88. The molecule has 1 aromatic rings. The summed E-state index contributed by atoms with van der Waals surface area (Å²) in [6.45, 7) is 7.44. The lowest BCUT2D eigenvalue weighted by molar-refractivity contribution is 0.242. The summed E-state index contributed by atoms with van der Waals surface area (Å²) in [5, 5.41) is 12.3. The Bertz CT molecular complexity index is 307. The molecule has 0 aliphatic carbocycles. The largest absolute Gasteiger partial charge is 0.462 e. The second-order valence-corrected chi connectivity index (χ2v) is 5.13. The van der Waals surface area contributed by atoms with Gasteiger partial charge in [0.2, 0.25) is 0 Å². The van der Waals surface area contributed by atoms with Crippen molar-refractivity contribution in [2.75, 3.05) is 0 Å². The Morgan fingerprint density at radius 1 is 1.18 bits per heavy atom. The monoisotopic (exact) mass is 239 g/mol. The lowest BCUT2D eigenvalue weighted by Gasteiger charge is -2.13. The molecule has 0 saturated heterocycles. The van der Waals surface area contributed by atoms with Crippen molar-refractivity contribution in [1.29, 1.82) is 0 Å². The quantitative estimate of drug-likeness (QED) is 0.733. The van der Waals surface area contributed by atoms with Crippen molar-refractivity contribution in [1.82, 2.24) is 5.32 Å². The zero-order valence-corrected chi connectivity index (χ0v) is 11.2. The van der Waals surface area contributed by atoms with Gasteiger partial charge in [-0.05, 0) is 31.4 Å². The predicted octanol–water partition coefficient (Wildman–Crippen LogP) is 3.08. The van der Waals surface area contributed by atoms with E-state index in [9.17, 15) is 0 Å². The van der Waals surface area contributed by atoms with Crippen LogP contribution in [0.5, 0.6) is 0 Å². The van der Waals surface area contributed by atoms with Gasteiger partial charge in [-0.25, -0.2) is 0 Å². The van der Waals surface area contributed by atoms with E-state index < -0.39 is 0 Å². The molecule has 2 N–H and O–H groups in total. The van der Waals surface area contributed by atoms with Crippen LogP contribution in [0.2, 0.25) is 0 Å². The molecule has 0 amide bonds. The van der Waals surface area contributed by atoms with Gasteiger partial charge in [-0.3, -0.25) is 0 Å². The molecule has 0 aliphatic rings. The van der Waals surface area contributed by atoms with Gasteiger partial charge in [0.05, 0.1) is 6.54 Å². The Balaban J connectivity index is 2.16. The third-order valence-corrected chi connectivity index (χ3v) is 2.92. The third-order valence-electron chi connectivity index (χ3n) is 2.92. The first-order valence-corrected chi connectivity index (χ1v) is 6.53. The molecule has 0 aromatic carbocycles. The first kappa shape index (κ1) is 14.3. The zero-order valence-electron chi connectivity index (χ0n) is 11.2. The summed E-state index contributed by atoms with van der Waals surface area (Å²) in [5.41, 5.74) is 0. The SMILES string of the molecule is CC(C)CCCC(C)NCc1ccc(CO)o1. The van der Waals surface area contributed by atoms with E-state index in [1.54, 1.807) is 0 Å². The first-order valence-electron chi connectivity index (χ1n) is 6.53. The Morgan fingerprint density at radius 3 is 2.47 bits per heavy atom. The highest BCUT2D eigenvalue weighted by molar-refractivity contribution is 5.06. The van der Waals surface area contributed by atoms with Crippen LogP contribution in [0, 0.1) is 5.92 Å². The van der Waals surface area contributed by atoms with E-state index in [0.717, 1.165) is 18.2 Å². The average molecular weight is 239 g/mol. The Labute approximate surface area is 104 Å². The summed E-state index contributed by atoms with van der Waals surface area (Å²) in [4.78, 5) is 0. The minimum atomic E-state index is -0.0239. The van der Waals surface area contributed by atoms with Crippen molar-refractivity contribution in [2.24, 2.45) is 5.92 Å². The van der Waals surface area contributed by atoms with Crippen LogP contribution in [0.4, 0.5) is 0 Å². The molecule has 0 bridgehead atoms. The highest BCUT2D eigenvalue weighted by Gasteiger charge is 2.05. The maximum Gasteiger partial charge on any atom is 0.129 e. The number of aliphatic hydroxyl groups is 1. The van der Waals surface area contributed by atoms with Gasteiger partial charge in [0.1, 0.15) is 18.1 Å². The summed E-state index contributed by atoms with van der Waals surface area (Å²) < 4.78 is 5.41. The smallest absolute Gasteiger partial charge is 0.129 e. The highest BCUT2D eigenvalue weighted by Crippen LogP contribution is 2.10. The number of hydrogen-bond donors (Lipinski definition) is 2. The number of nitrogens with one attached hydrogen (secondary N) is 1. The fourth-order valence-electron chi connectivity index (χ4n) is 1.81. The van der Waals surface area contributed by atoms with Crippen molar-refractivity contribution in [3.63, 3.8) is 0 Å². The van der Waals surface area contributed by atoms with Gasteiger partial charge < -0.3 is 14.8 Å². The second kappa shape index (κ2) is 7.51. The van der Waals surface area contributed by atoms with Crippen LogP contribution in [-0.2, 0) is 13.2 Å². The first-order chi connectivity index (χ1) is 8.11. The summed E-state index contributed by atoms with van der Waals surface area (Å²) in [7, 11) is 0. The molecule has 0 aliphatic heterocycles. The summed E-state index contributed by atoms with van der Waals surface area (Å²) in [5.74, 6) is 2.32. The van der Waals surface area contributed by atoms with E-state index in [2.05, 4.69) is 26.1 Å². The van der Waals surface area contributed by atoms with Gasteiger partial charge in [-0.2, -0.15) is 0 Å². The highest BCUT2D eigenvalue weighted by atomic mass is 16.4. The van der Waals surface area contributed by atoms with Gasteiger partial charge in [0, 0.05) is 6.04 Å². The molecule has 3 nitrogen and oxygen atoms in total. The molecule has 1 unspecified atom stereocenters. The molecule has 1 aromatic heterocycles. The molecular weight excluding hydrogens is 214 g/mol. The van der Waals surface area contributed by atoms with E-state index in [1.807, 2.05) is 12.1 Å². The molecule has 17 heavy (non-hydrogen) atoms. The molecule has 1 rings (SSSR count). The van der Waals surface area contributed by atoms with Gasteiger partial charge >= 0.3 is 0 Å². The van der Waals surface area contributed by atoms with Crippen LogP contribution in [0.25, 0.3) is 0 Å². The predicted molar refractivity (Wildman–Crippen MR) is 69.6 cm³/mol. The fourth-order valence-corrected chi connectivity index (χ4v) is 1.81. The van der Waals surface area contributed by atoms with Gasteiger partial charge in [0.25, 0.3) is 0 Å². The summed E-state index contributed by atoms with van der Waals surface area (Å²) in [6, 6.07) is 4.25. The molecule has 3 heteroatoms. The molecule has 1 atom stereocenters. The normalized spacial score (nSPS) is 13.2. The minimum absolute atomic E-state index is 0.0239. The number of hydrogen-bond acceptors (Lipinski definition) is 3.